The first-order valence-electron chi connectivity index (χ1n) is 9.34. The van der Waals surface area contributed by atoms with Crippen LogP contribution >= 0.6 is 0 Å². The molecule has 1 amide bonds. The van der Waals surface area contributed by atoms with Gasteiger partial charge in [-0.25, -0.2) is 4.79 Å². The van der Waals surface area contributed by atoms with Crippen LogP contribution in [0.5, 0.6) is 11.5 Å². The summed E-state index contributed by atoms with van der Waals surface area (Å²) in [5.74, 6) is 0.951. The molecule has 1 aromatic heterocycles. The number of nitrogens with one attached hydrogen (secondary N) is 1. The normalized spacial score (nSPS) is 10.7. The Hall–Kier alpha value is -4.13. The molecular formula is C23H19N3O4. The lowest BCUT2D eigenvalue weighted by atomic mass is 10.2. The molecule has 1 heterocycles. The van der Waals surface area contributed by atoms with Crippen molar-refractivity contribution in [3.63, 3.8) is 0 Å². The molecule has 3 aromatic carbocycles. The van der Waals surface area contributed by atoms with Crippen LogP contribution < -0.4 is 20.9 Å². The Kier molecular flexibility index (Phi) is 5.17. The third kappa shape index (κ3) is 3.86. The molecule has 0 aliphatic heterocycles. The quantitative estimate of drug-likeness (QED) is 0.557. The van der Waals surface area contributed by atoms with Crippen molar-refractivity contribution in [1.82, 2.24) is 9.55 Å². The van der Waals surface area contributed by atoms with E-state index in [0.717, 1.165) is 4.57 Å². The first-order valence-corrected chi connectivity index (χ1v) is 9.34. The molecule has 7 nitrogen and oxygen atoms in total. The predicted molar refractivity (Wildman–Crippen MR) is 115 cm³/mol. The summed E-state index contributed by atoms with van der Waals surface area (Å²) >= 11 is 0. The number of benzene rings is 3. The van der Waals surface area contributed by atoms with Crippen LogP contribution in [0, 0.1) is 0 Å². The molecule has 0 fully saturated rings. The Morgan fingerprint density at radius 1 is 0.900 bits per heavy atom. The molecular weight excluding hydrogens is 382 g/mol. The van der Waals surface area contributed by atoms with Gasteiger partial charge in [-0.2, -0.15) is 0 Å². The summed E-state index contributed by atoms with van der Waals surface area (Å²) in [4.78, 5) is 41.6. The zero-order chi connectivity index (χ0) is 21.1. The summed E-state index contributed by atoms with van der Waals surface area (Å²) in [7, 11) is 1.59. The standard InChI is InChI=1S/C23H19N3O4/c1-25(16-11-13-18(14-12-16)30-17-7-3-2-4-8-17)21(27)15-26-22(28)19-9-5-6-10-20(19)24-23(26)29/h2-14H,15H2,1H3,(H,24,29). The van der Waals surface area contributed by atoms with E-state index in [1.54, 1.807) is 55.6 Å². The molecule has 4 rings (SSSR count). The van der Waals surface area contributed by atoms with Gasteiger partial charge in [0.1, 0.15) is 18.0 Å². The van der Waals surface area contributed by atoms with Gasteiger partial charge >= 0.3 is 5.69 Å². The molecule has 0 unspecified atom stereocenters. The van der Waals surface area contributed by atoms with E-state index in [-0.39, 0.29) is 6.54 Å². The van der Waals surface area contributed by atoms with Crippen molar-refractivity contribution in [3.8, 4) is 11.5 Å². The van der Waals surface area contributed by atoms with Crippen molar-refractivity contribution in [1.29, 1.82) is 0 Å². The van der Waals surface area contributed by atoms with Crippen LogP contribution in [0.15, 0.2) is 88.5 Å². The zero-order valence-corrected chi connectivity index (χ0v) is 16.2. The second-order valence-electron chi connectivity index (χ2n) is 6.73. The summed E-state index contributed by atoms with van der Waals surface area (Å²) in [6, 6.07) is 23.0. The Balaban J connectivity index is 1.52. The summed E-state index contributed by atoms with van der Waals surface area (Å²) in [6.45, 7) is -0.363. The lowest BCUT2D eigenvalue weighted by Gasteiger charge is -2.18. The van der Waals surface area contributed by atoms with Crippen molar-refractivity contribution in [2.45, 2.75) is 6.54 Å². The number of carbonyl (C=O) groups is 1. The monoisotopic (exact) mass is 401 g/mol. The van der Waals surface area contributed by atoms with Crippen LogP contribution in [-0.4, -0.2) is 22.5 Å². The third-order valence-corrected chi connectivity index (χ3v) is 4.76. The molecule has 0 aliphatic carbocycles. The molecule has 4 aromatic rings. The highest BCUT2D eigenvalue weighted by molar-refractivity contribution is 5.92. The number of para-hydroxylation sites is 2. The van der Waals surface area contributed by atoms with Crippen LogP contribution in [-0.2, 0) is 11.3 Å². The molecule has 0 radical (unpaired) electrons. The number of fused-ring (bicyclic) bond motifs is 1. The van der Waals surface area contributed by atoms with Crippen LogP contribution in [0.4, 0.5) is 5.69 Å². The summed E-state index contributed by atoms with van der Waals surface area (Å²) in [5.41, 5.74) is -0.0565. The minimum absolute atomic E-state index is 0.356. The maximum absolute atomic E-state index is 12.7. The van der Waals surface area contributed by atoms with Gasteiger partial charge in [0.05, 0.1) is 10.9 Å². The summed E-state index contributed by atoms with van der Waals surface area (Å²) in [6.07, 6.45) is 0. The highest BCUT2D eigenvalue weighted by Crippen LogP contribution is 2.24. The number of ether oxygens (including phenoxy) is 1. The van der Waals surface area contributed by atoms with E-state index in [9.17, 15) is 14.4 Å². The number of aromatic nitrogens is 2. The predicted octanol–water partition coefficient (Wildman–Crippen LogP) is 3.15. The van der Waals surface area contributed by atoms with E-state index >= 15 is 0 Å². The van der Waals surface area contributed by atoms with Crippen LogP contribution in [0.3, 0.4) is 0 Å². The van der Waals surface area contributed by atoms with Crippen LogP contribution in [0.1, 0.15) is 0 Å². The number of anilines is 1. The average Bonchev–Trinajstić information content (AvgIpc) is 2.77. The maximum Gasteiger partial charge on any atom is 0.329 e. The minimum atomic E-state index is -0.618. The average molecular weight is 401 g/mol. The molecule has 0 saturated heterocycles. The van der Waals surface area contributed by atoms with Crippen LogP contribution in [0.25, 0.3) is 10.9 Å². The number of H-pyrrole nitrogens is 1. The van der Waals surface area contributed by atoms with E-state index in [0.29, 0.717) is 28.1 Å². The van der Waals surface area contributed by atoms with Crippen molar-refractivity contribution in [2.24, 2.45) is 0 Å². The van der Waals surface area contributed by atoms with Gasteiger partial charge in [-0.15, -0.1) is 0 Å². The van der Waals surface area contributed by atoms with E-state index < -0.39 is 17.2 Å². The number of amides is 1. The van der Waals surface area contributed by atoms with Gasteiger partial charge in [-0.1, -0.05) is 30.3 Å². The van der Waals surface area contributed by atoms with Gasteiger partial charge in [0, 0.05) is 12.7 Å². The molecule has 0 atom stereocenters. The number of hydrogen-bond donors (Lipinski definition) is 1. The molecule has 0 spiro atoms. The van der Waals surface area contributed by atoms with Gasteiger partial charge in [-0.3, -0.25) is 14.2 Å². The number of rotatable bonds is 5. The third-order valence-electron chi connectivity index (χ3n) is 4.76. The first-order chi connectivity index (χ1) is 14.5. The van der Waals surface area contributed by atoms with Gasteiger partial charge in [0.2, 0.25) is 5.91 Å². The van der Waals surface area contributed by atoms with Gasteiger partial charge in [-0.05, 0) is 48.5 Å². The fourth-order valence-corrected chi connectivity index (χ4v) is 3.09. The first kappa shape index (κ1) is 19.2. The van der Waals surface area contributed by atoms with Crippen molar-refractivity contribution in [2.75, 3.05) is 11.9 Å². The van der Waals surface area contributed by atoms with E-state index in [4.69, 9.17) is 4.74 Å². The number of nitrogens with zero attached hydrogens (tertiary/aromatic N) is 2. The van der Waals surface area contributed by atoms with E-state index in [1.165, 1.54) is 4.90 Å². The fraction of sp³-hybridized carbons (Fsp3) is 0.0870. The number of hydrogen-bond acceptors (Lipinski definition) is 4. The smallest absolute Gasteiger partial charge is 0.329 e. The summed E-state index contributed by atoms with van der Waals surface area (Å²) < 4.78 is 6.66. The molecule has 0 saturated carbocycles. The Morgan fingerprint density at radius 2 is 1.53 bits per heavy atom. The van der Waals surface area contributed by atoms with Crippen LogP contribution in [0.2, 0.25) is 0 Å². The lowest BCUT2D eigenvalue weighted by molar-refractivity contribution is -0.119. The summed E-state index contributed by atoms with van der Waals surface area (Å²) in [5, 5.41) is 0.356. The Morgan fingerprint density at radius 3 is 2.27 bits per heavy atom. The van der Waals surface area contributed by atoms with Gasteiger partial charge in [0.25, 0.3) is 5.56 Å². The topological polar surface area (TPSA) is 84.4 Å². The number of carbonyl (C=O) groups excluding carboxylic acids is 1. The lowest BCUT2D eigenvalue weighted by Crippen LogP contribution is -2.41. The minimum Gasteiger partial charge on any atom is -0.457 e. The van der Waals surface area contributed by atoms with Crippen molar-refractivity contribution in [3.05, 3.63) is 99.7 Å². The number of aromatic amines is 1. The molecule has 7 heteroatoms. The van der Waals surface area contributed by atoms with E-state index in [1.807, 2.05) is 30.3 Å². The van der Waals surface area contributed by atoms with Crippen molar-refractivity contribution < 1.29 is 9.53 Å². The maximum atomic E-state index is 12.7. The van der Waals surface area contributed by atoms with Gasteiger partial charge < -0.3 is 14.6 Å². The van der Waals surface area contributed by atoms with Gasteiger partial charge in [0.15, 0.2) is 0 Å². The number of likely N-dealkylation sites (N-methyl/N-ethyl adjacent to an activating group) is 1. The second-order valence-corrected chi connectivity index (χ2v) is 6.73. The molecule has 0 aliphatic rings. The highest BCUT2D eigenvalue weighted by atomic mass is 16.5. The van der Waals surface area contributed by atoms with Crippen molar-refractivity contribution >= 4 is 22.5 Å². The fourth-order valence-electron chi connectivity index (χ4n) is 3.09. The SMILES string of the molecule is CN(C(=O)Cn1c(=O)[nH]c2ccccc2c1=O)c1ccc(Oc2ccccc2)cc1. The Bertz CT molecular complexity index is 1310. The molecule has 150 valence electrons. The zero-order valence-electron chi connectivity index (χ0n) is 16.2. The molecule has 0 bridgehead atoms. The van der Waals surface area contributed by atoms with E-state index in [2.05, 4.69) is 4.98 Å². The molecule has 1 N–H and O–H groups in total. The second kappa shape index (κ2) is 8.08. The molecule has 30 heavy (non-hydrogen) atoms. The Labute approximate surface area is 171 Å². The largest absolute Gasteiger partial charge is 0.457 e. The highest BCUT2D eigenvalue weighted by Gasteiger charge is 2.16.